The first-order valence-electron chi connectivity index (χ1n) is 18.4. The molecule has 0 saturated carbocycles. The number of ether oxygens (including phenoxy) is 6. The Bertz CT molecular complexity index is 2020. The van der Waals surface area contributed by atoms with E-state index in [2.05, 4.69) is 6.92 Å². The van der Waals surface area contributed by atoms with Gasteiger partial charge in [0.2, 0.25) is 12.6 Å². The number of hydrogen-bond acceptors (Lipinski definition) is 6. The van der Waals surface area contributed by atoms with Gasteiger partial charge in [-0.05, 0) is 70.0 Å². The molecule has 1 heterocycles. The Balaban J connectivity index is 1.26. The van der Waals surface area contributed by atoms with Gasteiger partial charge in [0, 0.05) is 18.1 Å². The molecule has 0 spiro atoms. The summed E-state index contributed by atoms with van der Waals surface area (Å²) < 4.78 is 53.7. The average molecular weight is 725 g/mol. The fraction of sp³-hybridized carbons (Fsp3) is 0.234. The minimum absolute atomic E-state index is 0.273. The van der Waals surface area contributed by atoms with Gasteiger partial charge in [-0.2, -0.15) is 0 Å². The van der Waals surface area contributed by atoms with Crippen LogP contribution in [0.25, 0.3) is 11.1 Å². The van der Waals surface area contributed by atoms with Gasteiger partial charge in [0.1, 0.15) is 30.5 Å². The maximum atomic E-state index is 14.7. The lowest BCUT2D eigenvalue weighted by atomic mass is 9.89. The zero-order chi connectivity index (χ0) is 37.1. The molecule has 54 heavy (non-hydrogen) atoms. The fourth-order valence-corrected chi connectivity index (χ4v) is 6.63. The zero-order valence-corrected chi connectivity index (χ0v) is 30.7. The highest BCUT2D eigenvalue weighted by atomic mass is 19.1. The summed E-state index contributed by atoms with van der Waals surface area (Å²) in [4.78, 5) is 0. The van der Waals surface area contributed by atoms with Crippen LogP contribution >= 0.6 is 0 Å². The Kier molecular flexibility index (Phi) is 12.4. The highest BCUT2D eigenvalue weighted by molar-refractivity contribution is 5.78. The highest BCUT2D eigenvalue weighted by Crippen LogP contribution is 2.44. The van der Waals surface area contributed by atoms with Crippen molar-refractivity contribution >= 4 is 0 Å². The Morgan fingerprint density at radius 1 is 0.537 bits per heavy atom. The van der Waals surface area contributed by atoms with Gasteiger partial charge in [0.05, 0.1) is 13.2 Å². The smallest absolute Gasteiger partial charge is 0.212 e. The number of benzene rings is 6. The predicted octanol–water partition coefficient (Wildman–Crippen LogP) is 10.5. The second kappa shape index (κ2) is 18.1. The second-order valence-corrected chi connectivity index (χ2v) is 13.3. The molecule has 0 aromatic heterocycles. The molecule has 0 bridgehead atoms. The van der Waals surface area contributed by atoms with Gasteiger partial charge in [-0.25, -0.2) is 4.39 Å². The molecule has 2 atom stereocenters. The SMILES string of the molecule is CCc1c(OCc2ccccc2)cc(OCc2ccccc2)c(-c2ccc(F)c(C)c2)c1CC1O[C@@H](OCc2ccccc2)[C@H](OCc2ccccc2)O1. The van der Waals surface area contributed by atoms with E-state index in [4.69, 9.17) is 28.4 Å². The van der Waals surface area contributed by atoms with Crippen molar-refractivity contribution in [3.05, 3.63) is 190 Å². The summed E-state index contributed by atoms with van der Waals surface area (Å²) in [6.07, 6.45) is -1.32. The monoisotopic (exact) mass is 724 g/mol. The van der Waals surface area contributed by atoms with E-state index in [0.717, 1.165) is 44.5 Å². The quantitative estimate of drug-likeness (QED) is 0.0991. The van der Waals surface area contributed by atoms with Gasteiger partial charge in [-0.15, -0.1) is 0 Å². The van der Waals surface area contributed by atoms with Crippen LogP contribution in [0.2, 0.25) is 0 Å². The van der Waals surface area contributed by atoms with Crippen LogP contribution in [-0.2, 0) is 58.2 Å². The van der Waals surface area contributed by atoms with Gasteiger partial charge < -0.3 is 28.4 Å². The van der Waals surface area contributed by atoms with Gasteiger partial charge in [-0.3, -0.25) is 0 Å². The van der Waals surface area contributed by atoms with Gasteiger partial charge in [0.15, 0.2) is 6.29 Å². The van der Waals surface area contributed by atoms with Crippen LogP contribution in [0.3, 0.4) is 0 Å². The molecule has 6 aromatic rings. The number of hydrogen-bond donors (Lipinski definition) is 0. The molecule has 0 amide bonds. The van der Waals surface area contributed by atoms with Gasteiger partial charge >= 0.3 is 0 Å². The third kappa shape index (κ3) is 9.43. The predicted molar refractivity (Wildman–Crippen MR) is 207 cm³/mol. The first kappa shape index (κ1) is 37.0. The van der Waals surface area contributed by atoms with Crippen LogP contribution in [0.15, 0.2) is 146 Å². The second-order valence-electron chi connectivity index (χ2n) is 13.3. The standard InChI is InChI=1S/C47H45FO6/c1-3-39-40(27-44-53-46(51-31-36-20-12-6-13-21-36)47(54-44)52-32-37-22-14-7-15-23-37)45(38-24-25-41(48)33(2)26-38)43(50-30-35-18-10-5-11-19-35)28-42(39)49-29-34-16-8-4-9-17-34/h4-26,28,44,46-47H,3,27,29-32H2,1-2H3/t46-,47-/m1/s1. The molecule has 0 N–H and O–H groups in total. The molecule has 0 unspecified atom stereocenters. The Labute approximate surface area is 317 Å². The van der Waals surface area contributed by atoms with Crippen molar-refractivity contribution in [3.63, 3.8) is 0 Å². The molecular weight excluding hydrogens is 680 g/mol. The molecule has 6 nitrogen and oxygen atoms in total. The van der Waals surface area contributed by atoms with Crippen LogP contribution in [-0.4, -0.2) is 18.9 Å². The van der Waals surface area contributed by atoms with Crippen LogP contribution in [0, 0.1) is 12.7 Å². The van der Waals surface area contributed by atoms with Crippen molar-refractivity contribution in [2.45, 2.75) is 72.0 Å². The summed E-state index contributed by atoms with van der Waals surface area (Å²) in [5.41, 5.74) is 8.19. The van der Waals surface area contributed by atoms with Crippen molar-refractivity contribution in [1.29, 1.82) is 0 Å². The third-order valence-corrected chi connectivity index (χ3v) is 9.43. The van der Waals surface area contributed by atoms with E-state index in [-0.39, 0.29) is 5.82 Å². The first-order chi connectivity index (χ1) is 26.5. The lowest BCUT2D eigenvalue weighted by Crippen LogP contribution is -2.28. The van der Waals surface area contributed by atoms with Crippen molar-refractivity contribution in [2.75, 3.05) is 0 Å². The molecular formula is C47H45FO6. The van der Waals surface area contributed by atoms with E-state index in [1.807, 2.05) is 133 Å². The van der Waals surface area contributed by atoms with Crippen molar-refractivity contribution in [2.24, 2.45) is 0 Å². The number of halogens is 1. The maximum Gasteiger partial charge on any atom is 0.212 e. The van der Waals surface area contributed by atoms with Gasteiger partial charge in [-0.1, -0.05) is 134 Å². The summed E-state index contributed by atoms with van der Waals surface area (Å²) in [6.45, 7) is 5.24. The van der Waals surface area contributed by atoms with Gasteiger partial charge in [0.25, 0.3) is 0 Å². The van der Waals surface area contributed by atoms with Crippen molar-refractivity contribution in [3.8, 4) is 22.6 Å². The molecule has 1 fully saturated rings. The van der Waals surface area contributed by atoms with Crippen LogP contribution in [0.5, 0.6) is 11.5 Å². The molecule has 7 heteroatoms. The van der Waals surface area contributed by atoms with E-state index >= 15 is 0 Å². The molecule has 6 aromatic carbocycles. The molecule has 0 radical (unpaired) electrons. The van der Waals surface area contributed by atoms with E-state index < -0.39 is 18.9 Å². The minimum Gasteiger partial charge on any atom is -0.488 e. The Morgan fingerprint density at radius 3 is 1.46 bits per heavy atom. The van der Waals surface area contributed by atoms with Crippen molar-refractivity contribution < 1.29 is 32.8 Å². The van der Waals surface area contributed by atoms with E-state index in [9.17, 15) is 4.39 Å². The minimum atomic E-state index is -0.785. The fourth-order valence-electron chi connectivity index (χ4n) is 6.63. The van der Waals surface area contributed by atoms with E-state index in [1.54, 1.807) is 13.0 Å². The molecule has 276 valence electrons. The van der Waals surface area contributed by atoms with Crippen LogP contribution in [0.4, 0.5) is 4.39 Å². The lowest BCUT2D eigenvalue weighted by molar-refractivity contribution is -0.200. The molecule has 1 aliphatic rings. The topological polar surface area (TPSA) is 55.4 Å². The number of aryl methyl sites for hydroxylation is 1. The zero-order valence-electron chi connectivity index (χ0n) is 30.7. The molecule has 1 saturated heterocycles. The van der Waals surface area contributed by atoms with Crippen molar-refractivity contribution in [1.82, 2.24) is 0 Å². The normalized spacial score (nSPS) is 15.7. The van der Waals surface area contributed by atoms with Crippen LogP contribution in [0.1, 0.15) is 45.9 Å². The number of rotatable bonds is 16. The first-order valence-corrected chi connectivity index (χ1v) is 18.4. The Morgan fingerprint density at radius 2 is 1.00 bits per heavy atom. The summed E-state index contributed by atoms with van der Waals surface area (Å²) in [5.74, 6) is 1.05. The summed E-state index contributed by atoms with van der Waals surface area (Å²) in [6, 6.07) is 47.1. The van der Waals surface area contributed by atoms with Crippen LogP contribution < -0.4 is 9.47 Å². The molecule has 7 rings (SSSR count). The molecule has 1 aliphatic heterocycles. The highest BCUT2D eigenvalue weighted by Gasteiger charge is 2.39. The Hall–Kier alpha value is -5.31. The lowest BCUT2D eigenvalue weighted by Gasteiger charge is -2.24. The average Bonchev–Trinajstić information content (AvgIpc) is 3.61. The third-order valence-electron chi connectivity index (χ3n) is 9.43. The summed E-state index contributed by atoms with van der Waals surface area (Å²) in [7, 11) is 0. The van der Waals surface area contributed by atoms with E-state index in [1.165, 1.54) is 6.07 Å². The van der Waals surface area contributed by atoms with E-state index in [0.29, 0.717) is 56.3 Å². The molecule has 0 aliphatic carbocycles. The largest absolute Gasteiger partial charge is 0.488 e. The maximum absolute atomic E-state index is 14.7. The summed E-state index contributed by atoms with van der Waals surface area (Å²) >= 11 is 0. The summed E-state index contributed by atoms with van der Waals surface area (Å²) in [5, 5.41) is 0.